The van der Waals surface area contributed by atoms with Crippen LogP contribution in [0, 0.1) is 11.3 Å². The number of nitriles is 1. The fourth-order valence-electron chi connectivity index (χ4n) is 2.87. The number of nitrogens with zero attached hydrogens (tertiary/aromatic N) is 3. The van der Waals surface area contributed by atoms with Gasteiger partial charge in [0.1, 0.15) is 23.1 Å². The zero-order valence-corrected chi connectivity index (χ0v) is 19.5. The van der Waals surface area contributed by atoms with Gasteiger partial charge in [-0.05, 0) is 6.92 Å². The van der Waals surface area contributed by atoms with Crippen LogP contribution in [0.25, 0.3) is 0 Å². The Balaban J connectivity index is 1.76. The predicted octanol–water partition coefficient (Wildman–Crippen LogP) is 2.85. The van der Waals surface area contributed by atoms with Crippen LogP contribution in [0.3, 0.4) is 0 Å². The minimum absolute atomic E-state index is 0.0230. The third-order valence-corrected chi connectivity index (χ3v) is 9.74. The van der Waals surface area contributed by atoms with Gasteiger partial charge in [0.25, 0.3) is 11.8 Å². The number of rotatable bonds is 2. The fourth-order valence-corrected chi connectivity index (χ4v) is 8.14. The minimum Gasteiger partial charge on any atom is -0.505 e. The summed E-state index contributed by atoms with van der Waals surface area (Å²) in [4.78, 5) is 38.2. The van der Waals surface area contributed by atoms with Crippen LogP contribution >= 0.6 is 47.0 Å². The van der Waals surface area contributed by atoms with Gasteiger partial charge in [-0.25, -0.2) is 4.79 Å². The van der Waals surface area contributed by atoms with E-state index in [0.29, 0.717) is 28.1 Å². The van der Waals surface area contributed by atoms with Gasteiger partial charge in [0.2, 0.25) is 0 Å². The summed E-state index contributed by atoms with van der Waals surface area (Å²) in [6.45, 7) is 1.73. The lowest BCUT2D eigenvalue weighted by Crippen LogP contribution is -2.33. The molecule has 0 spiro atoms. The molecule has 2 amide bonds. The van der Waals surface area contributed by atoms with Gasteiger partial charge in [0, 0.05) is 14.1 Å². The molecule has 1 saturated heterocycles. The number of hydrogen-bond acceptors (Lipinski definition) is 11. The molecule has 160 valence electrons. The topological polar surface area (TPSA) is 131 Å². The Labute approximate surface area is 193 Å². The summed E-state index contributed by atoms with van der Waals surface area (Å²) in [6, 6.07) is 1.82. The number of hydrogen-bond donors (Lipinski definition) is 2. The van der Waals surface area contributed by atoms with Gasteiger partial charge < -0.3 is 14.9 Å². The molecule has 4 rings (SSSR count). The third-order valence-electron chi connectivity index (χ3n) is 4.52. The molecule has 1 aromatic rings. The number of fused-ring (bicyclic) bond motifs is 2. The lowest BCUT2D eigenvalue weighted by atomic mass is 10.3. The van der Waals surface area contributed by atoms with Crippen LogP contribution in [0.5, 0.6) is 11.5 Å². The molecule has 0 atom stereocenters. The normalized spacial score (nSPS) is 17.3. The van der Waals surface area contributed by atoms with Crippen molar-refractivity contribution in [1.29, 1.82) is 5.26 Å². The zero-order valence-electron chi connectivity index (χ0n) is 16.2. The van der Waals surface area contributed by atoms with Crippen molar-refractivity contribution in [3.8, 4) is 17.6 Å². The average molecular weight is 496 g/mol. The number of likely N-dealkylation sites (N-methyl/N-ethyl adjacent to an activating group) is 2. The number of carbonyl (C=O) groups excluding carboxylic acids is 3. The van der Waals surface area contributed by atoms with Gasteiger partial charge in [-0.1, -0.05) is 47.0 Å². The van der Waals surface area contributed by atoms with Crippen LogP contribution in [0.4, 0.5) is 0 Å². The van der Waals surface area contributed by atoms with E-state index in [1.54, 1.807) is 6.92 Å². The Kier molecular flexibility index (Phi) is 5.59. The number of ether oxygens (including phenoxy) is 1. The zero-order chi connectivity index (χ0) is 22.6. The first-order valence-corrected chi connectivity index (χ1v) is 11.9. The SMILES string of the molecule is CCOC(=O)C(C#N)=C1Sc2c(O)c3c(c(O)c2S1)SC(=C1C(=O)N(C)N(C)C1=O)S3. The Morgan fingerprint density at radius 1 is 0.968 bits per heavy atom. The second-order valence-corrected chi connectivity index (χ2v) is 10.8. The molecule has 0 aliphatic carbocycles. The molecule has 0 aromatic heterocycles. The van der Waals surface area contributed by atoms with E-state index in [1.807, 2.05) is 6.07 Å². The van der Waals surface area contributed by atoms with E-state index in [9.17, 15) is 29.9 Å². The lowest BCUT2D eigenvalue weighted by Gasteiger charge is -2.16. The van der Waals surface area contributed by atoms with Gasteiger partial charge in [0.05, 0.1) is 34.7 Å². The molecule has 0 radical (unpaired) electrons. The summed E-state index contributed by atoms with van der Waals surface area (Å²) >= 11 is 4.02. The number of phenolic OH excluding ortho intramolecular Hbond substituents is 2. The van der Waals surface area contributed by atoms with Crippen molar-refractivity contribution in [1.82, 2.24) is 10.0 Å². The first-order chi connectivity index (χ1) is 14.7. The summed E-state index contributed by atoms with van der Waals surface area (Å²) in [5.41, 5.74) is -0.228. The van der Waals surface area contributed by atoms with Crippen LogP contribution in [-0.2, 0) is 19.1 Å². The molecular weight excluding hydrogens is 482 g/mol. The number of aromatic hydroxyl groups is 2. The number of phenols is 2. The standard InChI is InChI=1S/C18H13N3O6S4/c1-4-27-16(26)6(5-19)17-28-10-8(22)12-13(9(23)11(10)29-17)31-18(30-12)7-14(24)20(2)21(3)15(7)25/h22-23H,4H2,1-3H3. The average Bonchev–Trinajstić information content (AvgIpc) is 3.41. The van der Waals surface area contributed by atoms with E-state index in [-0.39, 0.29) is 29.3 Å². The third kappa shape index (κ3) is 3.25. The summed E-state index contributed by atoms with van der Waals surface area (Å²) < 4.78 is 5.56. The second-order valence-electron chi connectivity index (χ2n) is 6.24. The van der Waals surface area contributed by atoms with Crippen LogP contribution in [-0.4, -0.2) is 58.7 Å². The first kappa shape index (κ1) is 21.8. The van der Waals surface area contributed by atoms with Crippen molar-refractivity contribution in [3.05, 3.63) is 19.6 Å². The van der Waals surface area contributed by atoms with Gasteiger partial charge in [-0.2, -0.15) is 5.26 Å². The highest BCUT2D eigenvalue weighted by atomic mass is 32.2. The quantitative estimate of drug-likeness (QED) is 0.206. The first-order valence-electron chi connectivity index (χ1n) is 8.66. The number of esters is 1. The van der Waals surface area contributed by atoms with Gasteiger partial charge in [0.15, 0.2) is 5.57 Å². The van der Waals surface area contributed by atoms with Crippen LogP contribution in [0.2, 0.25) is 0 Å². The molecule has 3 aliphatic rings. The Morgan fingerprint density at radius 3 is 1.84 bits per heavy atom. The number of hydrazine groups is 1. The predicted molar refractivity (Wildman–Crippen MR) is 115 cm³/mol. The van der Waals surface area contributed by atoms with Crippen molar-refractivity contribution >= 4 is 64.8 Å². The molecule has 0 unspecified atom stereocenters. The number of benzene rings is 1. The van der Waals surface area contributed by atoms with E-state index < -0.39 is 17.8 Å². The maximum atomic E-state index is 12.5. The fraction of sp³-hybridized carbons (Fsp3) is 0.222. The van der Waals surface area contributed by atoms with E-state index in [2.05, 4.69) is 0 Å². The molecule has 9 nitrogen and oxygen atoms in total. The molecule has 1 fully saturated rings. The van der Waals surface area contributed by atoms with E-state index in [0.717, 1.165) is 47.0 Å². The summed E-state index contributed by atoms with van der Waals surface area (Å²) in [6.07, 6.45) is 0. The Bertz CT molecular complexity index is 1120. The molecular formula is C18H13N3O6S4. The number of amides is 2. The molecule has 3 aliphatic heterocycles. The summed E-state index contributed by atoms with van der Waals surface area (Å²) in [5.74, 6) is -2.01. The highest BCUT2D eigenvalue weighted by molar-refractivity contribution is 8.26. The second kappa shape index (κ2) is 7.94. The largest absolute Gasteiger partial charge is 0.505 e. The van der Waals surface area contributed by atoms with Crippen LogP contribution < -0.4 is 0 Å². The Hall–Kier alpha value is -2.40. The van der Waals surface area contributed by atoms with Crippen molar-refractivity contribution in [2.45, 2.75) is 26.5 Å². The van der Waals surface area contributed by atoms with E-state index >= 15 is 0 Å². The van der Waals surface area contributed by atoms with E-state index in [1.165, 1.54) is 24.1 Å². The molecule has 1 aromatic carbocycles. The molecule has 2 N–H and O–H groups in total. The maximum Gasteiger partial charge on any atom is 0.350 e. The molecule has 3 heterocycles. The summed E-state index contributed by atoms with van der Waals surface area (Å²) in [5, 5.41) is 33.5. The summed E-state index contributed by atoms with van der Waals surface area (Å²) in [7, 11) is 2.96. The van der Waals surface area contributed by atoms with Gasteiger partial charge in [-0.3, -0.25) is 19.6 Å². The molecule has 31 heavy (non-hydrogen) atoms. The smallest absolute Gasteiger partial charge is 0.350 e. The van der Waals surface area contributed by atoms with Crippen LogP contribution in [0.1, 0.15) is 6.92 Å². The van der Waals surface area contributed by atoms with Crippen LogP contribution in [0.15, 0.2) is 39.2 Å². The minimum atomic E-state index is -0.776. The molecule has 13 heteroatoms. The van der Waals surface area contributed by atoms with Crippen molar-refractivity contribution in [2.24, 2.45) is 0 Å². The maximum absolute atomic E-state index is 12.5. The molecule has 0 saturated carbocycles. The Morgan fingerprint density at radius 2 is 1.42 bits per heavy atom. The highest BCUT2D eigenvalue weighted by Crippen LogP contribution is 2.68. The highest BCUT2D eigenvalue weighted by Gasteiger charge is 2.43. The number of thioether (sulfide) groups is 4. The number of carbonyl (C=O) groups is 3. The van der Waals surface area contributed by atoms with Crippen molar-refractivity contribution in [3.63, 3.8) is 0 Å². The van der Waals surface area contributed by atoms with Gasteiger partial charge >= 0.3 is 5.97 Å². The molecule has 0 bridgehead atoms. The van der Waals surface area contributed by atoms with E-state index in [4.69, 9.17) is 4.74 Å². The van der Waals surface area contributed by atoms with Crippen molar-refractivity contribution in [2.75, 3.05) is 20.7 Å². The monoisotopic (exact) mass is 495 g/mol. The van der Waals surface area contributed by atoms with Crippen molar-refractivity contribution < 1.29 is 29.3 Å². The van der Waals surface area contributed by atoms with Gasteiger partial charge in [-0.15, -0.1) is 0 Å². The lowest BCUT2D eigenvalue weighted by molar-refractivity contribution is -0.141.